The monoisotopic (exact) mass is 113 g/mol. The highest BCUT2D eigenvalue weighted by atomic mass is 16.5. The molecule has 0 bridgehead atoms. The molecule has 0 unspecified atom stereocenters. The Labute approximate surface area is 51.0 Å². The lowest BCUT2D eigenvalue weighted by Crippen LogP contribution is -1.92. The highest BCUT2D eigenvalue weighted by Gasteiger charge is 2.20. The van der Waals surface area contributed by atoms with E-state index >= 15 is 0 Å². The van der Waals surface area contributed by atoms with Gasteiger partial charge in [0.2, 0.25) is 0 Å². The zero-order valence-electron chi connectivity index (χ0n) is 5.44. The van der Waals surface area contributed by atoms with Gasteiger partial charge in [0.25, 0.3) is 0 Å². The second-order valence-corrected chi connectivity index (χ2v) is 2.20. The Morgan fingerprint density at radius 3 is 2.75 bits per heavy atom. The number of hydrogen-bond acceptors (Lipinski definition) is 1. The molecule has 0 amide bonds. The van der Waals surface area contributed by atoms with E-state index in [9.17, 15) is 0 Å². The molecule has 1 heteroatoms. The van der Waals surface area contributed by atoms with Crippen LogP contribution in [-0.2, 0) is 4.74 Å². The van der Waals surface area contributed by atoms with E-state index in [0.717, 1.165) is 13.2 Å². The molecule has 0 atom stereocenters. The predicted octanol–water partition coefficient (Wildman–Crippen LogP) is 1.78. The second-order valence-electron chi connectivity index (χ2n) is 2.20. The fourth-order valence-corrected chi connectivity index (χ4v) is 0.699. The normalized spacial score (nSPS) is 19.1. The van der Waals surface area contributed by atoms with Gasteiger partial charge in [0.05, 0.1) is 0 Å². The maximum absolute atomic E-state index is 5.16. The minimum Gasteiger partial charge on any atom is -0.382 e. The van der Waals surface area contributed by atoms with Gasteiger partial charge in [-0.2, -0.15) is 0 Å². The van der Waals surface area contributed by atoms with E-state index in [1.165, 1.54) is 19.3 Å². The molecule has 1 aliphatic carbocycles. The Morgan fingerprint density at radius 2 is 2.25 bits per heavy atom. The first-order valence-electron chi connectivity index (χ1n) is 3.35. The minimum absolute atomic E-state index is 0.868. The van der Waals surface area contributed by atoms with Crippen molar-refractivity contribution in [2.75, 3.05) is 13.2 Å². The van der Waals surface area contributed by atoms with Crippen LogP contribution >= 0.6 is 0 Å². The molecule has 0 spiro atoms. The lowest BCUT2D eigenvalue weighted by atomic mass is 10.3. The van der Waals surface area contributed by atoms with Crippen LogP contribution in [0.25, 0.3) is 0 Å². The third-order valence-electron chi connectivity index (χ3n) is 1.41. The van der Waals surface area contributed by atoms with Gasteiger partial charge in [-0.25, -0.2) is 0 Å². The van der Waals surface area contributed by atoms with Gasteiger partial charge in [-0.3, -0.25) is 0 Å². The van der Waals surface area contributed by atoms with Gasteiger partial charge in [0.15, 0.2) is 0 Å². The van der Waals surface area contributed by atoms with E-state index in [-0.39, 0.29) is 0 Å². The maximum atomic E-state index is 5.16. The van der Waals surface area contributed by atoms with Gasteiger partial charge in [-0.15, -0.1) is 0 Å². The minimum atomic E-state index is 0.868. The highest BCUT2D eigenvalue weighted by Crippen LogP contribution is 2.34. The quantitative estimate of drug-likeness (QED) is 0.505. The summed E-state index contributed by atoms with van der Waals surface area (Å²) in [4.78, 5) is 0. The van der Waals surface area contributed by atoms with Gasteiger partial charge in [-0.05, 0) is 32.1 Å². The third-order valence-corrected chi connectivity index (χ3v) is 1.41. The van der Waals surface area contributed by atoms with E-state index in [4.69, 9.17) is 4.74 Å². The van der Waals surface area contributed by atoms with Crippen LogP contribution < -0.4 is 0 Å². The maximum Gasteiger partial charge on any atom is 0.0471 e. The van der Waals surface area contributed by atoms with Crippen molar-refractivity contribution in [3.63, 3.8) is 0 Å². The molecule has 1 aliphatic rings. The van der Waals surface area contributed by atoms with Crippen molar-refractivity contribution in [3.05, 3.63) is 5.92 Å². The molecule has 1 rings (SSSR count). The Hall–Kier alpha value is -0.0400. The van der Waals surface area contributed by atoms with Crippen LogP contribution in [0, 0.1) is 5.92 Å². The van der Waals surface area contributed by atoms with Crippen LogP contribution in [-0.4, -0.2) is 13.2 Å². The molecule has 0 aromatic carbocycles. The van der Waals surface area contributed by atoms with Crippen molar-refractivity contribution in [1.82, 2.24) is 0 Å². The first-order valence-corrected chi connectivity index (χ1v) is 3.35. The van der Waals surface area contributed by atoms with Crippen molar-refractivity contribution in [2.45, 2.75) is 26.2 Å². The summed E-state index contributed by atoms with van der Waals surface area (Å²) in [6.45, 7) is 3.86. The van der Waals surface area contributed by atoms with Crippen LogP contribution in [0.3, 0.4) is 0 Å². The summed E-state index contributed by atoms with van der Waals surface area (Å²) in [6.07, 6.45) is 3.95. The standard InChI is InChI=1S/C7H13O/c1-2-8-6-5-7-3-4-7/h2-6H2,1H3. The zero-order valence-corrected chi connectivity index (χ0v) is 5.44. The van der Waals surface area contributed by atoms with Crippen LogP contribution in [0.4, 0.5) is 0 Å². The Balaban J connectivity index is 1.74. The van der Waals surface area contributed by atoms with Crippen LogP contribution in [0.15, 0.2) is 0 Å². The first kappa shape index (κ1) is 6.09. The largest absolute Gasteiger partial charge is 0.382 e. The molecule has 0 saturated heterocycles. The van der Waals surface area contributed by atoms with Crippen molar-refractivity contribution in [2.24, 2.45) is 0 Å². The molecule has 1 fully saturated rings. The van der Waals surface area contributed by atoms with Crippen molar-refractivity contribution in [1.29, 1.82) is 0 Å². The van der Waals surface area contributed by atoms with Crippen LogP contribution in [0.1, 0.15) is 26.2 Å². The van der Waals surface area contributed by atoms with E-state index in [0.29, 0.717) is 0 Å². The summed E-state index contributed by atoms with van der Waals surface area (Å²) in [5.41, 5.74) is 0. The van der Waals surface area contributed by atoms with E-state index in [2.05, 4.69) is 0 Å². The Morgan fingerprint density at radius 1 is 1.50 bits per heavy atom. The fraction of sp³-hybridized carbons (Fsp3) is 0.857. The van der Waals surface area contributed by atoms with E-state index in [1.807, 2.05) is 6.92 Å². The average molecular weight is 113 g/mol. The van der Waals surface area contributed by atoms with Gasteiger partial charge in [-0.1, -0.05) is 0 Å². The number of rotatable bonds is 4. The summed E-state index contributed by atoms with van der Waals surface area (Å²) in [5.74, 6) is 1.69. The molecule has 0 aliphatic heterocycles. The molecule has 0 aromatic heterocycles. The zero-order chi connectivity index (χ0) is 5.82. The Kier molecular flexibility index (Phi) is 2.34. The topological polar surface area (TPSA) is 9.23 Å². The fourth-order valence-electron chi connectivity index (χ4n) is 0.699. The summed E-state index contributed by atoms with van der Waals surface area (Å²) < 4.78 is 5.16. The van der Waals surface area contributed by atoms with E-state index in [1.54, 1.807) is 5.92 Å². The molecule has 1 radical (unpaired) electrons. The average Bonchev–Trinajstić information content (AvgIpc) is 2.51. The molecule has 1 saturated carbocycles. The highest BCUT2D eigenvalue weighted by molar-refractivity contribution is 5.04. The predicted molar refractivity (Wildman–Crippen MR) is 33.6 cm³/mol. The molecular formula is C7H13O. The molecule has 8 heavy (non-hydrogen) atoms. The third kappa shape index (κ3) is 2.31. The molecular weight excluding hydrogens is 100 g/mol. The van der Waals surface area contributed by atoms with Crippen LogP contribution in [0.5, 0.6) is 0 Å². The number of ether oxygens (including phenoxy) is 1. The summed E-state index contributed by atoms with van der Waals surface area (Å²) >= 11 is 0. The molecule has 47 valence electrons. The Bertz CT molecular complexity index is 57.4. The van der Waals surface area contributed by atoms with E-state index < -0.39 is 0 Å². The SMILES string of the molecule is CCOCC[C]1CC1. The molecule has 0 aromatic rings. The number of hydrogen-bond donors (Lipinski definition) is 0. The van der Waals surface area contributed by atoms with Crippen molar-refractivity contribution in [3.8, 4) is 0 Å². The van der Waals surface area contributed by atoms with Crippen molar-refractivity contribution >= 4 is 0 Å². The summed E-state index contributed by atoms with van der Waals surface area (Å²) in [5, 5.41) is 0. The van der Waals surface area contributed by atoms with Crippen molar-refractivity contribution < 1.29 is 4.74 Å². The van der Waals surface area contributed by atoms with Gasteiger partial charge < -0.3 is 4.74 Å². The van der Waals surface area contributed by atoms with Gasteiger partial charge in [0, 0.05) is 13.2 Å². The summed E-state index contributed by atoms with van der Waals surface area (Å²) in [7, 11) is 0. The van der Waals surface area contributed by atoms with Crippen LogP contribution in [0.2, 0.25) is 0 Å². The smallest absolute Gasteiger partial charge is 0.0471 e. The lowest BCUT2D eigenvalue weighted by molar-refractivity contribution is 0.149. The second kappa shape index (κ2) is 3.08. The molecule has 0 heterocycles. The lowest BCUT2D eigenvalue weighted by Gasteiger charge is -1.95. The molecule has 0 N–H and O–H groups in total. The van der Waals surface area contributed by atoms with Gasteiger partial charge in [0.1, 0.15) is 0 Å². The van der Waals surface area contributed by atoms with Gasteiger partial charge >= 0.3 is 0 Å². The summed E-state index contributed by atoms with van der Waals surface area (Å²) in [6, 6.07) is 0. The molecule has 1 nitrogen and oxygen atoms in total. The first-order chi connectivity index (χ1) is 3.93.